The van der Waals surface area contributed by atoms with Crippen molar-refractivity contribution in [1.82, 2.24) is 15.0 Å². The van der Waals surface area contributed by atoms with E-state index in [2.05, 4.69) is 5.16 Å². The molecule has 3 aromatic rings. The molecule has 0 aliphatic carbocycles. The van der Waals surface area contributed by atoms with Gasteiger partial charge in [0.2, 0.25) is 0 Å². The molecule has 1 aliphatic heterocycles. The van der Waals surface area contributed by atoms with Crippen LogP contribution in [-0.2, 0) is 6.42 Å². The monoisotopic (exact) mass is 391 g/mol. The van der Waals surface area contributed by atoms with Crippen LogP contribution in [0.5, 0.6) is 5.75 Å². The van der Waals surface area contributed by atoms with Gasteiger partial charge in [-0.15, -0.1) is 0 Å². The summed E-state index contributed by atoms with van der Waals surface area (Å²) in [4.78, 5) is 19.6. The van der Waals surface area contributed by atoms with Gasteiger partial charge >= 0.3 is 0 Å². The summed E-state index contributed by atoms with van der Waals surface area (Å²) in [5, 5.41) is 4.03. The average molecular weight is 391 g/mol. The fourth-order valence-electron chi connectivity index (χ4n) is 4.00. The third kappa shape index (κ3) is 4.01. The summed E-state index contributed by atoms with van der Waals surface area (Å²) in [5.74, 6) is 1.94. The summed E-state index contributed by atoms with van der Waals surface area (Å²) in [6.07, 6.45) is 1.83. The Kier molecular flexibility index (Phi) is 5.34. The van der Waals surface area contributed by atoms with Crippen molar-refractivity contribution >= 4 is 5.91 Å². The predicted molar refractivity (Wildman–Crippen MR) is 110 cm³/mol. The van der Waals surface area contributed by atoms with E-state index in [1.165, 1.54) is 0 Å². The highest BCUT2D eigenvalue weighted by molar-refractivity contribution is 5.94. The minimum atomic E-state index is 0.0591. The summed E-state index contributed by atoms with van der Waals surface area (Å²) in [6, 6.07) is 13.4. The van der Waals surface area contributed by atoms with Gasteiger partial charge in [-0.1, -0.05) is 17.3 Å². The lowest BCUT2D eigenvalue weighted by Gasteiger charge is -2.17. The molecule has 1 saturated heterocycles. The number of rotatable bonds is 5. The van der Waals surface area contributed by atoms with Crippen LogP contribution in [-0.4, -0.2) is 41.1 Å². The summed E-state index contributed by atoms with van der Waals surface area (Å²) in [5.41, 5.74) is 4.41. The second kappa shape index (κ2) is 8.07. The molecule has 1 atom stereocenters. The van der Waals surface area contributed by atoms with Gasteiger partial charge in [0, 0.05) is 24.3 Å². The molecule has 3 heterocycles. The molecule has 0 saturated carbocycles. The average Bonchev–Trinajstić information content (AvgIpc) is 3.34. The smallest absolute Gasteiger partial charge is 0.253 e. The Labute approximate surface area is 170 Å². The van der Waals surface area contributed by atoms with E-state index in [0.717, 1.165) is 54.3 Å². The van der Waals surface area contributed by atoms with Crippen LogP contribution in [0, 0.1) is 19.8 Å². The van der Waals surface area contributed by atoms with E-state index >= 15 is 0 Å². The zero-order valence-electron chi connectivity index (χ0n) is 17.0. The van der Waals surface area contributed by atoms with Crippen LogP contribution in [0.1, 0.15) is 33.9 Å². The maximum absolute atomic E-state index is 12.8. The van der Waals surface area contributed by atoms with Crippen LogP contribution >= 0.6 is 0 Å². The molecule has 0 bridgehead atoms. The first kappa shape index (κ1) is 19.2. The molecule has 6 nitrogen and oxygen atoms in total. The minimum Gasteiger partial charge on any atom is -0.497 e. The van der Waals surface area contributed by atoms with Crippen LogP contribution in [0.15, 0.2) is 47.0 Å². The predicted octanol–water partition coefficient (Wildman–Crippen LogP) is 4.07. The molecule has 1 fully saturated rings. The van der Waals surface area contributed by atoms with Crippen molar-refractivity contribution in [2.24, 2.45) is 5.92 Å². The molecule has 6 heteroatoms. The molecule has 4 rings (SSSR count). The lowest BCUT2D eigenvalue weighted by atomic mass is 10.0. The number of methoxy groups -OCH3 is 1. The molecule has 0 spiro atoms. The Morgan fingerprint density at radius 1 is 1.24 bits per heavy atom. The zero-order chi connectivity index (χ0) is 20.4. The molecule has 2 aromatic heterocycles. The standard InChI is InChI=1S/C23H25N3O3/c1-15-22(16(2)29-25-15)21-9-5-7-19(24-21)12-17-10-11-26(14-17)23(27)18-6-4-8-20(13-18)28-3/h4-9,13,17H,10-12,14H2,1-3H3. The molecule has 0 radical (unpaired) electrons. The molecule has 1 amide bonds. The normalized spacial score (nSPS) is 16.2. The number of hydrogen-bond acceptors (Lipinski definition) is 5. The molecule has 1 aromatic carbocycles. The van der Waals surface area contributed by atoms with Crippen molar-refractivity contribution in [2.45, 2.75) is 26.7 Å². The summed E-state index contributed by atoms with van der Waals surface area (Å²) in [7, 11) is 1.61. The number of aromatic nitrogens is 2. The van der Waals surface area contributed by atoms with Crippen molar-refractivity contribution in [2.75, 3.05) is 20.2 Å². The third-order valence-electron chi connectivity index (χ3n) is 5.48. The van der Waals surface area contributed by atoms with Crippen LogP contribution in [0.25, 0.3) is 11.3 Å². The summed E-state index contributed by atoms with van der Waals surface area (Å²) < 4.78 is 10.5. The number of benzene rings is 1. The van der Waals surface area contributed by atoms with Gasteiger partial charge < -0.3 is 14.2 Å². The molecule has 1 aliphatic rings. The van der Waals surface area contributed by atoms with E-state index in [4.69, 9.17) is 14.2 Å². The van der Waals surface area contributed by atoms with Crippen molar-refractivity contribution in [3.8, 4) is 17.0 Å². The van der Waals surface area contributed by atoms with Crippen molar-refractivity contribution in [3.05, 3.63) is 65.2 Å². The molecular weight excluding hydrogens is 366 g/mol. The number of ether oxygens (including phenoxy) is 1. The molecular formula is C23H25N3O3. The Hall–Kier alpha value is -3.15. The number of amides is 1. The first-order valence-electron chi connectivity index (χ1n) is 9.87. The van der Waals surface area contributed by atoms with Gasteiger partial charge in [-0.25, -0.2) is 0 Å². The lowest BCUT2D eigenvalue weighted by Crippen LogP contribution is -2.29. The highest BCUT2D eigenvalue weighted by atomic mass is 16.5. The van der Waals surface area contributed by atoms with Gasteiger partial charge in [-0.05, 0) is 62.9 Å². The minimum absolute atomic E-state index is 0.0591. The molecule has 150 valence electrons. The Morgan fingerprint density at radius 3 is 2.83 bits per heavy atom. The number of hydrogen-bond donors (Lipinski definition) is 0. The number of pyridine rings is 1. The second-order valence-electron chi connectivity index (χ2n) is 7.56. The van der Waals surface area contributed by atoms with Crippen LogP contribution in [0.3, 0.4) is 0 Å². The van der Waals surface area contributed by atoms with E-state index in [9.17, 15) is 4.79 Å². The summed E-state index contributed by atoms with van der Waals surface area (Å²) >= 11 is 0. The second-order valence-corrected chi connectivity index (χ2v) is 7.56. The van der Waals surface area contributed by atoms with Gasteiger partial charge in [0.15, 0.2) is 0 Å². The quantitative estimate of drug-likeness (QED) is 0.656. The van der Waals surface area contributed by atoms with Crippen molar-refractivity contribution in [3.63, 3.8) is 0 Å². The molecule has 0 N–H and O–H groups in total. The van der Waals surface area contributed by atoms with Gasteiger partial charge in [0.1, 0.15) is 11.5 Å². The van der Waals surface area contributed by atoms with Crippen LogP contribution in [0.2, 0.25) is 0 Å². The first-order chi connectivity index (χ1) is 14.0. The third-order valence-corrected chi connectivity index (χ3v) is 5.48. The van der Waals surface area contributed by atoms with Crippen molar-refractivity contribution < 1.29 is 14.1 Å². The number of nitrogens with zero attached hydrogens (tertiary/aromatic N) is 3. The van der Waals surface area contributed by atoms with E-state index in [1.54, 1.807) is 13.2 Å². The van der Waals surface area contributed by atoms with Crippen LogP contribution in [0.4, 0.5) is 0 Å². The number of aryl methyl sites for hydroxylation is 2. The highest BCUT2D eigenvalue weighted by Crippen LogP contribution is 2.27. The number of carbonyl (C=O) groups excluding carboxylic acids is 1. The Balaban J connectivity index is 1.44. The first-order valence-corrected chi connectivity index (χ1v) is 9.87. The Morgan fingerprint density at radius 2 is 2.07 bits per heavy atom. The Bertz CT molecular complexity index is 1010. The van der Waals surface area contributed by atoms with E-state index in [1.807, 2.05) is 55.1 Å². The highest BCUT2D eigenvalue weighted by Gasteiger charge is 2.27. The largest absolute Gasteiger partial charge is 0.497 e. The van der Waals surface area contributed by atoms with E-state index in [0.29, 0.717) is 17.2 Å². The molecule has 1 unspecified atom stereocenters. The fraction of sp³-hybridized carbons (Fsp3) is 0.348. The van der Waals surface area contributed by atoms with Crippen LogP contribution < -0.4 is 4.74 Å². The van der Waals surface area contributed by atoms with Gasteiger partial charge in [-0.2, -0.15) is 0 Å². The van der Waals surface area contributed by atoms with E-state index in [-0.39, 0.29) is 5.91 Å². The maximum Gasteiger partial charge on any atom is 0.253 e. The SMILES string of the molecule is COc1cccc(C(=O)N2CCC(Cc3cccc(-c4c(C)noc4C)n3)C2)c1. The zero-order valence-corrected chi connectivity index (χ0v) is 17.0. The number of likely N-dealkylation sites (tertiary alicyclic amines) is 1. The lowest BCUT2D eigenvalue weighted by molar-refractivity contribution is 0.0786. The maximum atomic E-state index is 12.8. The summed E-state index contributed by atoms with van der Waals surface area (Å²) in [6.45, 7) is 5.35. The molecule has 29 heavy (non-hydrogen) atoms. The number of carbonyl (C=O) groups is 1. The van der Waals surface area contributed by atoms with Gasteiger partial charge in [0.25, 0.3) is 5.91 Å². The fourth-order valence-corrected chi connectivity index (χ4v) is 4.00. The van der Waals surface area contributed by atoms with Crippen molar-refractivity contribution in [1.29, 1.82) is 0 Å². The topological polar surface area (TPSA) is 68.5 Å². The van der Waals surface area contributed by atoms with Gasteiger partial charge in [-0.3, -0.25) is 9.78 Å². The van der Waals surface area contributed by atoms with E-state index < -0.39 is 0 Å². The van der Waals surface area contributed by atoms with Gasteiger partial charge in [0.05, 0.1) is 24.1 Å².